The zero-order valence-electron chi connectivity index (χ0n) is 15.0. The second kappa shape index (κ2) is 6.81. The quantitative estimate of drug-likeness (QED) is 0.557. The van der Waals surface area contributed by atoms with Crippen molar-refractivity contribution in [2.75, 3.05) is 7.11 Å². The Labute approximate surface area is 152 Å². The van der Waals surface area contributed by atoms with E-state index in [1.807, 2.05) is 12.1 Å². The molecule has 1 aromatic heterocycles. The van der Waals surface area contributed by atoms with Gasteiger partial charge in [0.25, 0.3) is 0 Å². The van der Waals surface area contributed by atoms with Crippen LogP contribution in [0.15, 0.2) is 54.6 Å². The van der Waals surface area contributed by atoms with E-state index in [2.05, 4.69) is 58.4 Å². The highest BCUT2D eigenvalue weighted by Gasteiger charge is 2.28. The van der Waals surface area contributed by atoms with Gasteiger partial charge in [0.1, 0.15) is 0 Å². The lowest BCUT2D eigenvalue weighted by molar-refractivity contribution is -0.134. The number of benzene rings is 2. The molecule has 0 aliphatic carbocycles. The highest BCUT2D eigenvalue weighted by Crippen LogP contribution is 2.35. The fraction of sp³-hybridized carbons (Fsp3) is 0.227. The van der Waals surface area contributed by atoms with Gasteiger partial charge in [0.15, 0.2) is 0 Å². The zero-order valence-corrected chi connectivity index (χ0v) is 15.0. The SMILES string of the molecule is COC(=O)C=Cc1ccc([C@@H]2N[C@H](C)Cc3c2[nH]c2ccccc32)cc1. The molecule has 0 fully saturated rings. The van der Waals surface area contributed by atoms with Crippen LogP contribution in [0.25, 0.3) is 17.0 Å². The summed E-state index contributed by atoms with van der Waals surface area (Å²) >= 11 is 0. The molecule has 132 valence electrons. The number of carbonyl (C=O) groups is 1. The Morgan fingerprint density at radius 2 is 1.92 bits per heavy atom. The average molecular weight is 346 g/mol. The molecule has 0 saturated heterocycles. The summed E-state index contributed by atoms with van der Waals surface area (Å²) in [5.74, 6) is -0.348. The minimum atomic E-state index is -0.348. The molecule has 4 rings (SSSR count). The predicted molar refractivity (Wildman–Crippen MR) is 104 cm³/mol. The number of para-hydroxylation sites is 1. The number of esters is 1. The molecule has 4 nitrogen and oxygen atoms in total. The molecule has 0 bridgehead atoms. The molecule has 2 heterocycles. The van der Waals surface area contributed by atoms with E-state index in [0.717, 1.165) is 12.0 Å². The van der Waals surface area contributed by atoms with E-state index < -0.39 is 0 Å². The summed E-state index contributed by atoms with van der Waals surface area (Å²) in [6.07, 6.45) is 4.22. The van der Waals surface area contributed by atoms with Crippen LogP contribution in [0, 0.1) is 0 Å². The summed E-state index contributed by atoms with van der Waals surface area (Å²) in [6.45, 7) is 2.23. The van der Waals surface area contributed by atoms with Gasteiger partial charge in [-0.05, 0) is 42.2 Å². The number of hydrogen-bond donors (Lipinski definition) is 2. The molecular weight excluding hydrogens is 324 g/mol. The van der Waals surface area contributed by atoms with Crippen LogP contribution in [0.1, 0.15) is 35.3 Å². The maximum Gasteiger partial charge on any atom is 0.330 e. The van der Waals surface area contributed by atoms with Gasteiger partial charge >= 0.3 is 5.97 Å². The molecule has 0 radical (unpaired) electrons. The molecule has 2 atom stereocenters. The molecule has 3 aromatic rings. The molecule has 0 saturated carbocycles. The Balaban J connectivity index is 1.68. The molecule has 2 N–H and O–H groups in total. The second-order valence-electron chi connectivity index (χ2n) is 6.79. The highest BCUT2D eigenvalue weighted by atomic mass is 16.5. The van der Waals surface area contributed by atoms with Gasteiger partial charge in [-0.2, -0.15) is 0 Å². The number of nitrogens with one attached hydrogen (secondary N) is 2. The summed E-state index contributed by atoms with van der Waals surface area (Å²) in [5, 5.41) is 5.02. The summed E-state index contributed by atoms with van der Waals surface area (Å²) in [5.41, 5.74) is 6.03. The van der Waals surface area contributed by atoms with Crippen LogP contribution in [0.3, 0.4) is 0 Å². The summed E-state index contributed by atoms with van der Waals surface area (Å²) in [7, 11) is 1.38. The molecular formula is C22H22N2O2. The van der Waals surface area contributed by atoms with Crippen molar-refractivity contribution >= 4 is 22.9 Å². The molecule has 26 heavy (non-hydrogen) atoms. The number of fused-ring (bicyclic) bond motifs is 3. The van der Waals surface area contributed by atoms with Gasteiger partial charge in [-0.25, -0.2) is 4.79 Å². The Kier molecular flexibility index (Phi) is 4.35. The number of hydrogen-bond acceptors (Lipinski definition) is 3. The third kappa shape index (κ3) is 3.04. The zero-order chi connectivity index (χ0) is 18.1. The number of methoxy groups -OCH3 is 1. The van der Waals surface area contributed by atoms with Crippen LogP contribution in [-0.4, -0.2) is 24.1 Å². The average Bonchev–Trinajstić information content (AvgIpc) is 3.04. The molecule has 0 unspecified atom stereocenters. The fourth-order valence-corrected chi connectivity index (χ4v) is 3.71. The van der Waals surface area contributed by atoms with E-state index in [4.69, 9.17) is 0 Å². The third-order valence-electron chi connectivity index (χ3n) is 4.98. The van der Waals surface area contributed by atoms with Gasteiger partial charge in [-0.3, -0.25) is 0 Å². The highest BCUT2D eigenvalue weighted by molar-refractivity contribution is 5.87. The third-order valence-corrected chi connectivity index (χ3v) is 4.98. The van der Waals surface area contributed by atoms with Gasteiger partial charge in [0.05, 0.1) is 13.2 Å². The van der Waals surface area contributed by atoms with Crippen molar-refractivity contribution in [1.82, 2.24) is 10.3 Å². The molecule has 0 spiro atoms. The van der Waals surface area contributed by atoms with Crippen LogP contribution >= 0.6 is 0 Å². The smallest absolute Gasteiger partial charge is 0.330 e. The number of aromatic amines is 1. The lowest BCUT2D eigenvalue weighted by atomic mass is 9.90. The van der Waals surface area contributed by atoms with E-state index >= 15 is 0 Å². The number of aromatic nitrogens is 1. The topological polar surface area (TPSA) is 54.1 Å². The van der Waals surface area contributed by atoms with E-state index in [-0.39, 0.29) is 12.0 Å². The minimum absolute atomic E-state index is 0.139. The van der Waals surface area contributed by atoms with Gasteiger partial charge in [-0.15, -0.1) is 0 Å². The first-order valence-electron chi connectivity index (χ1n) is 8.87. The lowest BCUT2D eigenvalue weighted by Gasteiger charge is -2.29. The van der Waals surface area contributed by atoms with E-state index in [0.29, 0.717) is 6.04 Å². The predicted octanol–water partition coefficient (Wildman–Crippen LogP) is 3.98. The van der Waals surface area contributed by atoms with Crippen LogP contribution in [0.2, 0.25) is 0 Å². The Morgan fingerprint density at radius 3 is 2.69 bits per heavy atom. The van der Waals surface area contributed by atoms with Crippen molar-refractivity contribution in [3.63, 3.8) is 0 Å². The van der Waals surface area contributed by atoms with Gasteiger partial charge in [0.2, 0.25) is 0 Å². The van der Waals surface area contributed by atoms with Crippen LogP contribution < -0.4 is 5.32 Å². The number of H-pyrrole nitrogens is 1. The number of carbonyl (C=O) groups excluding carboxylic acids is 1. The second-order valence-corrected chi connectivity index (χ2v) is 6.79. The normalized spacial score (nSPS) is 19.6. The van der Waals surface area contributed by atoms with Crippen LogP contribution in [-0.2, 0) is 16.0 Å². The summed E-state index contributed by atoms with van der Waals surface area (Å²) in [6, 6.07) is 17.3. The molecule has 4 heteroatoms. The molecule has 1 aliphatic rings. The fourth-order valence-electron chi connectivity index (χ4n) is 3.71. The first-order valence-corrected chi connectivity index (χ1v) is 8.87. The van der Waals surface area contributed by atoms with Crippen LogP contribution in [0.4, 0.5) is 0 Å². The Bertz CT molecular complexity index is 969. The maximum absolute atomic E-state index is 11.2. The van der Waals surface area contributed by atoms with Gasteiger partial charge in [-0.1, -0.05) is 42.5 Å². The van der Waals surface area contributed by atoms with E-state index in [9.17, 15) is 4.79 Å². The van der Waals surface area contributed by atoms with E-state index in [1.54, 1.807) is 6.08 Å². The van der Waals surface area contributed by atoms with Crippen molar-refractivity contribution in [2.24, 2.45) is 0 Å². The first-order chi connectivity index (χ1) is 12.7. The van der Waals surface area contributed by atoms with Crippen molar-refractivity contribution in [2.45, 2.75) is 25.4 Å². The lowest BCUT2D eigenvalue weighted by Crippen LogP contribution is -2.37. The molecule has 1 aliphatic heterocycles. The summed E-state index contributed by atoms with van der Waals surface area (Å²) < 4.78 is 4.63. The summed E-state index contributed by atoms with van der Waals surface area (Å²) in [4.78, 5) is 14.8. The molecule has 0 amide bonds. The van der Waals surface area contributed by atoms with E-state index in [1.165, 1.54) is 40.9 Å². The van der Waals surface area contributed by atoms with Crippen LogP contribution in [0.5, 0.6) is 0 Å². The maximum atomic E-state index is 11.2. The Morgan fingerprint density at radius 1 is 1.15 bits per heavy atom. The van der Waals surface area contributed by atoms with Crippen molar-refractivity contribution in [3.8, 4) is 0 Å². The standard InChI is InChI=1S/C22H22N2O2/c1-14-13-18-17-5-3-4-6-19(17)24-22(18)21(23-14)16-10-7-15(8-11-16)9-12-20(25)26-2/h3-12,14,21,23-24H,13H2,1-2H3/t14-,21+/m1/s1. The Hall–Kier alpha value is -2.85. The van der Waals surface area contributed by atoms with Crippen molar-refractivity contribution in [3.05, 3.63) is 77.0 Å². The largest absolute Gasteiger partial charge is 0.466 e. The van der Waals surface area contributed by atoms with Crippen molar-refractivity contribution in [1.29, 1.82) is 0 Å². The van der Waals surface area contributed by atoms with Gasteiger partial charge < -0.3 is 15.0 Å². The van der Waals surface area contributed by atoms with Crippen molar-refractivity contribution < 1.29 is 9.53 Å². The first kappa shape index (κ1) is 16.6. The minimum Gasteiger partial charge on any atom is -0.466 e. The number of ether oxygens (including phenoxy) is 1. The monoisotopic (exact) mass is 346 g/mol. The molecule has 2 aromatic carbocycles. The number of rotatable bonds is 3. The van der Waals surface area contributed by atoms with Gasteiger partial charge in [0, 0.05) is 28.7 Å².